The Balaban J connectivity index is 1.76. The molecular formula is C18H24N2O4. The predicted molar refractivity (Wildman–Crippen MR) is 90.3 cm³/mol. The van der Waals surface area contributed by atoms with Crippen molar-refractivity contribution in [3.05, 3.63) is 29.8 Å². The number of amides is 2. The van der Waals surface area contributed by atoms with Gasteiger partial charge in [-0.1, -0.05) is 25.7 Å². The van der Waals surface area contributed by atoms with Crippen LogP contribution in [0.4, 0.5) is 5.69 Å². The lowest BCUT2D eigenvalue weighted by Crippen LogP contribution is -2.30. The number of primary amides is 1. The molecule has 1 unspecified atom stereocenters. The van der Waals surface area contributed by atoms with E-state index in [9.17, 15) is 14.4 Å². The first-order valence-electron chi connectivity index (χ1n) is 8.36. The van der Waals surface area contributed by atoms with E-state index in [2.05, 4.69) is 5.32 Å². The third kappa shape index (κ3) is 5.37. The van der Waals surface area contributed by atoms with E-state index < -0.39 is 17.9 Å². The summed E-state index contributed by atoms with van der Waals surface area (Å²) in [6, 6.07) is 6.20. The number of ether oxygens (including phenoxy) is 1. The SMILES string of the molecule is CC(OC(=O)CCC1CCCC1)C(=O)Nc1ccc(C(N)=O)cc1. The first kappa shape index (κ1) is 18.0. The van der Waals surface area contributed by atoms with Crippen LogP contribution < -0.4 is 11.1 Å². The summed E-state index contributed by atoms with van der Waals surface area (Å²) in [7, 11) is 0. The Morgan fingerprint density at radius 1 is 1.21 bits per heavy atom. The number of carbonyl (C=O) groups is 3. The molecule has 0 aliphatic heterocycles. The van der Waals surface area contributed by atoms with Gasteiger partial charge in [0.15, 0.2) is 6.10 Å². The molecule has 1 fully saturated rings. The lowest BCUT2D eigenvalue weighted by Gasteiger charge is -2.14. The maximum atomic E-state index is 12.0. The second kappa shape index (κ2) is 8.47. The molecule has 0 saturated heterocycles. The maximum Gasteiger partial charge on any atom is 0.306 e. The van der Waals surface area contributed by atoms with Crippen molar-refractivity contribution in [1.29, 1.82) is 0 Å². The zero-order valence-corrected chi connectivity index (χ0v) is 13.9. The van der Waals surface area contributed by atoms with E-state index in [1.807, 2.05) is 0 Å². The first-order chi connectivity index (χ1) is 11.5. The molecule has 0 bridgehead atoms. The standard InChI is InChI=1S/C18H24N2O4/c1-12(24-16(21)11-6-13-4-2-3-5-13)18(23)20-15-9-7-14(8-10-15)17(19)22/h7-10,12-13H,2-6,11H2,1H3,(H2,19,22)(H,20,23). The Labute approximate surface area is 141 Å². The Hall–Kier alpha value is -2.37. The number of benzene rings is 1. The van der Waals surface area contributed by atoms with Crippen LogP contribution in [0, 0.1) is 5.92 Å². The Morgan fingerprint density at radius 3 is 2.42 bits per heavy atom. The maximum absolute atomic E-state index is 12.0. The number of rotatable bonds is 7. The summed E-state index contributed by atoms with van der Waals surface area (Å²) in [5.74, 6) is -0.660. The monoisotopic (exact) mass is 332 g/mol. The minimum absolute atomic E-state index is 0.339. The van der Waals surface area contributed by atoms with Crippen molar-refractivity contribution < 1.29 is 19.1 Å². The highest BCUT2D eigenvalue weighted by atomic mass is 16.5. The molecule has 1 aromatic carbocycles. The van der Waals surface area contributed by atoms with E-state index in [1.165, 1.54) is 37.8 Å². The van der Waals surface area contributed by atoms with Crippen LogP contribution in [-0.2, 0) is 14.3 Å². The molecule has 0 radical (unpaired) electrons. The van der Waals surface area contributed by atoms with Crippen LogP contribution in [-0.4, -0.2) is 23.9 Å². The van der Waals surface area contributed by atoms with E-state index >= 15 is 0 Å². The van der Waals surface area contributed by atoms with Crippen LogP contribution in [0.3, 0.4) is 0 Å². The summed E-state index contributed by atoms with van der Waals surface area (Å²) in [6.07, 6.45) is 5.18. The van der Waals surface area contributed by atoms with Gasteiger partial charge >= 0.3 is 5.97 Å². The summed E-state index contributed by atoms with van der Waals surface area (Å²) in [5, 5.41) is 2.64. The Morgan fingerprint density at radius 2 is 1.83 bits per heavy atom. The normalized spacial score (nSPS) is 15.7. The molecule has 0 spiro atoms. The molecule has 24 heavy (non-hydrogen) atoms. The van der Waals surface area contributed by atoms with Gasteiger partial charge in [0.25, 0.3) is 5.91 Å². The zero-order chi connectivity index (χ0) is 17.5. The number of esters is 1. The third-order valence-electron chi connectivity index (χ3n) is 4.35. The number of hydrogen-bond donors (Lipinski definition) is 2. The fraction of sp³-hybridized carbons (Fsp3) is 0.500. The fourth-order valence-corrected chi connectivity index (χ4v) is 2.89. The van der Waals surface area contributed by atoms with Gasteiger partial charge in [0.2, 0.25) is 5.91 Å². The molecule has 2 amide bonds. The number of hydrogen-bond acceptors (Lipinski definition) is 4. The largest absolute Gasteiger partial charge is 0.453 e. The van der Waals surface area contributed by atoms with Crippen LogP contribution in [0.15, 0.2) is 24.3 Å². The van der Waals surface area contributed by atoms with E-state index in [4.69, 9.17) is 10.5 Å². The van der Waals surface area contributed by atoms with E-state index in [0.717, 1.165) is 6.42 Å². The van der Waals surface area contributed by atoms with Gasteiger partial charge < -0.3 is 15.8 Å². The van der Waals surface area contributed by atoms with Gasteiger partial charge in [-0.25, -0.2) is 0 Å². The van der Waals surface area contributed by atoms with Gasteiger partial charge in [0.1, 0.15) is 0 Å². The van der Waals surface area contributed by atoms with Crippen LogP contribution >= 0.6 is 0 Å². The van der Waals surface area contributed by atoms with Gasteiger partial charge in [-0.05, 0) is 43.5 Å². The highest BCUT2D eigenvalue weighted by Crippen LogP contribution is 2.28. The van der Waals surface area contributed by atoms with Gasteiger partial charge in [-0.2, -0.15) is 0 Å². The third-order valence-corrected chi connectivity index (χ3v) is 4.35. The second-order valence-corrected chi connectivity index (χ2v) is 6.25. The smallest absolute Gasteiger partial charge is 0.306 e. The van der Waals surface area contributed by atoms with Gasteiger partial charge in [0.05, 0.1) is 0 Å². The second-order valence-electron chi connectivity index (χ2n) is 6.25. The van der Waals surface area contributed by atoms with Crippen molar-refractivity contribution in [3.63, 3.8) is 0 Å². The molecule has 0 heterocycles. The highest BCUT2D eigenvalue weighted by Gasteiger charge is 2.20. The average Bonchev–Trinajstić information content (AvgIpc) is 3.06. The minimum atomic E-state index is -0.864. The molecule has 3 N–H and O–H groups in total. The van der Waals surface area contributed by atoms with Gasteiger partial charge in [-0.3, -0.25) is 14.4 Å². The minimum Gasteiger partial charge on any atom is -0.453 e. The van der Waals surface area contributed by atoms with Crippen molar-refractivity contribution in [2.24, 2.45) is 11.7 Å². The van der Waals surface area contributed by atoms with Gasteiger partial charge in [0, 0.05) is 17.7 Å². The van der Waals surface area contributed by atoms with Crippen molar-refractivity contribution >= 4 is 23.5 Å². The molecule has 1 aliphatic rings. The lowest BCUT2D eigenvalue weighted by molar-refractivity contribution is -0.153. The van der Waals surface area contributed by atoms with E-state index in [0.29, 0.717) is 23.6 Å². The fourth-order valence-electron chi connectivity index (χ4n) is 2.89. The van der Waals surface area contributed by atoms with Crippen LogP contribution in [0.25, 0.3) is 0 Å². The molecule has 0 aromatic heterocycles. The summed E-state index contributed by atoms with van der Waals surface area (Å²) in [5.41, 5.74) is 6.03. The van der Waals surface area contributed by atoms with Crippen LogP contribution in [0.1, 0.15) is 55.8 Å². The Bertz CT molecular complexity index is 592. The molecule has 2 rings (SSSR count). The number of carbonyl (C=O) groups excluding carboxylic acids is 3. The van der Waals surface area contributed by atoms with E-state index in [1.54, 1.807) is 19.1 Å². The molecule has 1 saturated carbocycles. The summed E-state index contributed by atoms with van der Waals surface area (Å²) in [4.78, 5) is 34.9. The summed E-state index contributed by atoms with van der Waals surface area (Å²) >= 11 is 0. The molecule has 1 aliphatic carbocycles. The van der Waals surface area contributed by atoms with Crippen LogP contribution in [0.2, 0.25) is 0 Å². The highest BCUT2D eigenvalue weighted by molar-refractivity contribution is 5.96. The molecular weight excluding hydrogens is 308 g/mol. The number of nitrogens with one attached hydrogen (secondary N) is 1. The topological polar surface area (TPSA) is 98.5 Å². The lowest BCUT2D eigenvalue weighted by atomic mass is 10.0. The molecule has 6 nitrogen and oxygen atoms in total. The van der Waals surface area contributed by atoms with Crippen molar-refractivity contribution in [1.82, 2.24) is 0 Å². The molecule has 1 atom stereocenters. The van der Waals surface area contributed by atoms with Crippen molar-refractivity contribution in [2.45, 2.75) is 51.6 Å². The summed E-state index contributed by atoms with van der Waals surface area (Å²) < 4.78 is 5.18. The predicted octanol–water partition coefficient (Wildman–Crippen LogP) is 2.63. The molecule has 6 heteroatoms. The summed E-state index contributed by atoms with van der Waals surface area (Å²) in [6.45, 7) is 1.54. The number of anilines is 1. The van der Waals surface area contributed by atoms with Crippen molar-refractivity contribution in [3.8, 4) is 0 Å². The molecule has 130 valence electrons. The zero-order valence-electron chi connectivity index (χ0n) is 13.9. The molecule has 1 aromatic rings. The Kier molecular flexibility index (Phi) is 6.35. The number of nitrogens with two attached hydrogens (primary N) is 1. The average molecular weight is 332 g/mol. The van der Waals surface area contributed by atoms with Crippen LogP contribution in [0.5, 0.6) is 0 Å². The quantitative estimate of drug-likeness (QED) is 0.750. The van der Waals surface area contributed by atoms with E-state index in [-0.39, 0.29) is 5.97 Å². The van der Waals surface area contributed by atoms with Crippen molar-refractivity contribution in [2.75, 3.05) is 5.32 Å². The van der Waals surface area contributed by atoms with Gasteiger partial charge in [-0.15, -0.1) is 0 Å². The first-order valence-corrected chi connectivity index (χ1v) is 8.36.